The van der Waals surface area contributed by atoms with E-state index in [1.165, 1.54) is 50.3 Å². The molecule has 0 saturated heterocycles. The number of nitrogens with two attached hydrogens (primary N) is 1. The van der Waals surface area contributed by atoms with Gasteiger partial charge in [0.15, 0.2) is 0 Å². The van der Waals surface area contributed by atoms with Crippen LogP contribution < -0.4 is 16.4 Å². The van der Waals surface area contributed by atoms with Crippen molar-refractivity contribution in [1.82, 2.24) is 5.32 Å². The number of amides is 3. The summed E-state index contributed by atoms with van der Waals surface area (Å²) in [5.74, 6) is 0. The number of primary amides is 1. The lowest BCUT2D eigenvalue weighted by Crippen LogP contribution is -2.29. The van der Waals surface area contributed by atoms with E-state index in [4.69, 9.17) is 34.0 Å². The fourth-order valence-electron chi connectivity index (χ4n) is 1.81. The lowest BCUT2D eigenvalue weighted by Gasteiger charge is -2.01. The van der Waals surface area contributed by atoms with Crippen LogP contribution in [0, 0.1) is 0 Å². The summed E-state index contributed by atoms with van der Waals surface area (Å²) in [5, 5.41) is 13.8. The minimum Gasteiger partial charge on any atom is -0.465 e. The molecule has 0 aliphatic carbocycles. The Kier molecular flexibility index (Phi) is 12.8. The lowest BCUT2D eigenvalue weighted by atomic mass is 10.1. The fraction of sp³-hybridized carbons (Fsp3) is 0.500. The maximum atomic E-state index is 10.2. The highest BCUT2D eigenvalue weighted by atomic mass is 35.5. The number of hydrogen-bond donors (Lipinski definition) is 4. The Morgan fingerprint density at radius 1 is 1.08 bits per heavy atom. The van der Waals surface area contributed by atoms with Crippen LogP contribution >= 0.6 is 23.2 Å². The second-order valence-electron chi connectivity index (χ2n) is 5.12. The molecule has 0 spiro atoms. The van der Waals surface area contributed by atoms with Crippen molar-refractivity contribution < 1.29 is 14.7 Å². The summed E-state index contributed by atoms with van der Waals surface area (Å²) in [4.78, 5) is 20.4. The molecule has 1 rings (SSSR count). The van der Waals surface area contributed by atoms with Crippen molar-refractivity contribution in [3.05, 3.63) is 28.2 Å². The fourth-order valence-corrected chi connectivity index (χ4v) is 2.11. The van der Waals surface area contributed by atoms with Crippen molar-refractivity contribution in [1.29, 1.82) is 0 Å². The van der Waals surface area contributed by atoms with E-state index in [2.05, 4.69) is 17.6 Å². The average Bonchev–Trinajstić information content (AvgIpc) is 2.50. The van der Waals surface area contributed by atoms with Crippen LogP contribution in [-0.4, -0.2) is 23.8 Å². The molecule has 0 bridgehead atoms. The molecule has 6 nitrogen and oxygen atoms in total. The van der Waals surface area contributed by atoms with Crippen molar-refractivity contribution in [3.8, 4) is 0 Å². The summed E-state index contributed by atoms with van der Waals surface area (Å²) in [6, 6.07) is 4.08. The largest absolute Gasteiger partial charge is 0.465 e. The van der Waals surface area contributed by atoms with Crippen LogP contribution in [0.25, 0.3) is 0 Å². The quantitative estimate of drug-likeness (QED) is 0.473. The monoisotopic (exact) mass is 377 g/mol. The summed E-state index contributed by atoms with van der Waals surface area (Å²) < 4.78 is 0. The first-order chi connectivity index (χ1) is 11.4. The molecular weight excluding hydrogens is 353 g/mol. The van der Waals surface area contributed by atoms with Gasteiger partial charge in [-0.3, -0.25) is 5.32 Å². The maximum absolute atomic E-state index is 10.2. The lowest BCUT2D eigenvalue weighted by molar-refractivity contribution is 0.209. The number of nitrogens with one attached hydrogen (secondary N) is 2. The highest BCUT2D eigenvalue weighted by molar-refractivity contribution is 6.42. The normalized spacial score (nSPS) is 9.62. The van der Waals surface area contributed by atoms with Crippen molar-refractivity contribution in [2.75, 3.05) is 11.9 Å². The third-order valence-electron chi connectivity index (χ3n) is 3.00. The molecule has 0 radical (unpaired) electrons. The van der Waals surface area contributed by atoms with E-state index in [9.17, 15) is 9.59 Å². The van der Waals surface area contributed by atoms with Crippen LogP contribution in [0.15, 0.2) is 18.2 Å². The van der Waals surface area contributed by atoms with Gasteiger partial charge in [0.05, 0.1) is 10.0 Å². The molecule has 1 aromatic carbocycles. The predicted octanol–water partition coefficient (Wildman–Crippen LogP) is 5.10. The molecule has 0 aliphatic rings. The van der Waals surface area contributed by atoms with Crippen molar-refractivity contribution in [3.63, 3.8) is 0 Å². The zero-order chi connectivity index (χ0) is 18.4. The molecule has 0 saturated carbocycles. The Hall–Kier alpha value is -1.66. The second-order valence-corrected chi connectivity index (χ2v) is 5.93. The van der Waals surface area contributed by atoms with Gasteiger partial charge in [-0.15, -0.1) is 0 Å². The van der Waals surface area contributed by atoms with Gasteiger partial charge in [0.2, 0.25) is 0 Å². The standard InChI is InChI=1S/C9H20N2O.C7H5Cl2NO2/c1-2-3-4-5-6-7-8-11-9(10)12;8-5-2-1-4(3-6(5)9)10-7(11)12/h2-8H2,1H3,(H3,10,11,12);1-3,10H,(H,11,12). The molecule has 3 amide bonds. The Morgan fingerprint density at radius 3 is 2.25 bits per heavy atom. The number of halogens is 2. The van der Waals surface area contributed by atoms with Gasteiger partial charge < -0.3 is 16.2 Å². The molecule has 136 valence electrons. The predicted molar refractivity (Wildman–Crippen MR) is 99.1 cm³/mol. The van der Waals surface area contributed by atoms with Crippen LogP contribution in [0.2, 0.25) is 10.0 Å². The molecule has 0 fully saturated rings. The summed E-state index contributed by atoms with van der Waals surface area (Å²) >= 11 is 11.2. The van der Waals surface area contributed by atoms with Gasteiger partial charge in [0.1, 0.15) is 0 Å². The minimum absolute atomic E-state index is 0.322. The van der Waals surface area contributed by atoms with Crippen LogP contribution in [-0.2, 0) is 0 Å². The minimum atomic E-state index is -1.13. The van der Waals surface area contributed by atoms with Gasteiger partial charge in [-0.25, -0.2) is 9.59 Å². The first kappa shape index (κ1) is 22.3. The van der Waals surface area contributed by atoms with Crippen LogP contribution in [0.3, 0.4) is 0 Å². The maximum Gasteiger partial charge on any atom is 0.409 e. The van der Waals surface area contributed by atoms with E-state index in [0.29, 0.717) is 15.7 Å². The Morgan fingerprint density at radius 2 is 1.71 bits per heavy atom. The number of carbonyl (C=O) groups is 2. The molecule has 24 heavy (non-hydrogen) atoms. The summed E-state index contributed by atoms with van der Waals surface area (Å²) in [6.07, 6.45) is 6.30. The van der Waals surface area contributed by atoms with Crippen LogP contribution in [0.1, 0.15) is 45.4 Å². The Balaban J connectivity index is 0.000000441. The Labute approximate surface area is 152 Å². The number of unbranched alkanes of at least 4 members (excludes halogenated alkanes) is 5. The van der Waals surface area contributed by atoms with E-state index in [1.54, 1.807) is 0 Å². The number of anilines is 1. The number of hydrogen-bond acceptors (Lipinski definition) is 2. The smallest absolute Gasteiger partial charge is 0.409 e. The number of carboxylic acid groups (broad SMARTS) is 1. The third kappa shape index (κ3) is 12.8. The number of benzene rings is 1. The molecule has 0 aliphatic heterocycles. The van der Waals surface area contributed by atoms with E-state index < -0.39 is 12.1 Å². The van der Waals surface area contributed by atoms with Crippen molar-refractivity contribution in [2.24, 2.45) is 5.73 Å². The van der Waals surface area contributed by atoms with Crippen molar-refractivity contribution >= 4 is 41.0 Å². The van der Waals surface area contributed by atoms with Crippen LogP contribution in [0.4, 0.5) is 15.3 Å². The summed E-state index contributed by atoms with van der Waals surface area (Å²) in [7, 11) is 0. The molecule has 0 unspecified atom stereocenters. The summed E-state index contributed by atoms with van der Waals surface area (Å²) in [6.45, 7) is 2.93. The molecule has 1 aromatic rings. The van der Waals surface area contributed by atoms with Crippen molar-refractivity contribution in [2.45, 2.75) is 45.4 Å². The van der Waals surface area contributed by atoms with Gasteiger partial charge in [-0.1, -0.05) is 62.2 Å². The molecule has 0 atom stereocenters. The first-order valence-electron chi connectivity index (χ1n) is 7.85. The summed E-state index contributed by atoms with van der Waals surface area (Å²) in [5.41, 5.74) is 5.30. The number of rotatable bonds is 8. The molecule has 0 heterocycles. The van der Waals surface area contributed by atoms with Gasteiger partial charge >= 0.3 is 12.1 Å². The van der Waals surface area contributed by atoms with E-state index in [1.807, 2.05) is 0 Å². The van der Waals surface area contributed by atoms with E-state index in [-0.39, 0.29) is 0 Å². The van der Waals surface area contributed by atoms with Gasteiger partial charge in [0.25, 0.3) is 0 Å². The second kappa shape index (κ2) is 13.7. The third-order valence-corrected chi connectivity index (χ3v) is 3.74. The highest BCUT2D eigenvalue weighted by Gasteiger charge is 2.01. The number of carbonyl (C=O) groups excluding carboxylic acids is 1. The molecule has 5 N–H and O–H groups in total. The molecule has 8 heteroatoms. The van der Waals surface area contributed by atoms with Gasteiger partial charge in [0, 0.05) is 12.2 Å². The first-order valence-corrected chi connectivity index (χ1v) is 8.60. The highest BCUT2D eigenvalue weighted by Crippen LogP contribution is 2.24. The average molecular weight is 378 g/mol. The van der Waals surface area contributed by atoms with Gasteiger partial charge in [-0.2, -0.15) is 0 Å². The topological polar surface area (TPSA) is 104 Å². The zero-order valence-electron chi connectivity index (χ0n) is 13.8. The Bertz CT molecular complexity index is 513. The number of urea groups is 1. The molecular formula is C16H25Cl2N3O3. The van der Waals surface area contributed by atoms with Crippen LogP contribution in [0.5, 0.6) is 0 Å². The van der Waals surface area contributed by atoms with E-state index in [0.717, 1.165) is 13.0 Å². The van der Waals surface area contributed by atoms with Gasteiger partial charge in [-0.05, 0) is 24.6 Å². The zero-order valence-corrected chi connectivity index (χ0v) is 15.3. The SMILES string of the molecule is CCCCCCCCNC(N)=O.O=C(O)Nc1ccc(Cl)c(Cl)c1. The molecule has 0 aromatic heterocycles. The van der Waals surface area contributed by atoms with E-state index >= 15 is 0 Å².